The van der Waals surface area contributed by atoms with Crippen LogP contribution < -0.4 is 5.32 Å². The van der Waals surface area contributed by atoms with Gasteiger partial charge in [-0.3, -0.25) is 4.79 Å². The maximum Gasteiger partial charge on any atom is 0.254 e. The fourth-order valence-corrected chi connectivity index (χ4v) is 3.25. The molecule has 1 heterocycles. The molecule has 0 atom stereocenters. The zero-order valence-electron chi connectivity index (χ0n) is 12.3. The topological polar surface area (TPSA) is 32.3 Å². The van der Waals surface area contributed by atoms with Crippen molar-refractivity contribution in [1.29, 1.82) is 0 Å². The molecule has 1 aliphatic heterocycles. The lowest BCUT2D eigenvalue weighted by Gasteiger charge is -2.32. The van der Waals surface area contributed by atoms with E-state index in [-0.39, 0.29) is 5.91 Å². The number of fused-ring (bicyclic) bond motifs is 1. The summed E-state index contributed by atoms with van der Waals surface area (Å²) in [7, 11) is 0. The highest BCUT2D eigenvalue weighted by atomic mass is 16.2. The highest BCUT2D eigenvalue weighted by Gasteiger charge is 2.25. The molecule has 1 aromatic carbocycles. The van der Waals surface area contributed by atoms with Gasteiger partial charge in [0.05, 0.1) is 0 Å². The van der Waals surface area contributed by atoms with E-state index in [1.54, 1.807) is 0 Å². The van der Waals surface area contributed by atoms with Crippen LogP contribution in [0.4, 0.5) is 0 Å². The van der Waals surface area contributed by atoms with Gasteiger partial charge in [-0.1, -0.05) is 18.6 Å². The molecule has 1 amide bonds. The van der Waals surface area contributed by atoms with E-state index in [1.807, 2.05) is 17.0 Å². The minimum atomic E-state index is 0.234. The van der Waals surface area contributed by atoms with Crippen LogP contribution in [0.25, 0.3) is 0 Å². The van der Waals surface area contributed by atoms with Crippen LogP contribution in [-0.4, -0.2) is 30.4 Å². The summed E-state index contributed by atoms with van der Waals surface area (Å²) in [5, 5.41) is 3.38. The highest BCUT2D eigenvalue weighted by molar-refractivity contribution is 5.96. The van der Waals surface area contributed by atoms with E-state index in [4.69, 9.17) is 0 Å². The van der Waals surface area contributed by atoms with E-state index in [1.165, 1.54) is 30.4 Å². The first-order valence-corrected chi connectivity index (χ1v) is 7.90. The Kier molecular flexibility index (Phi) is 4.06. The molecule has 0 aromatic heterocycles. The molecule has 0 radical (unpaired) electrons. The van der Waals surface area contributed by atoms with Crippen LogP contribution in [0, 0.1) is 5.92 Å². The number of amides is 1. The Morgan fingerprint density at radius 2 is 2.25 bits per heavy atom. The number of hydrogen-bond donors (Lipinski definition) is 1. The van der Waals surface area contributed by atoms with Crippen molar-refractivity contribution in [3.63, 3.8) is 0 Å². The van der Waals surface area contributed by atoms with Crippen LogP contribution in [-0.2, 0) is 13.0 Å². The van der Waals surface area contributed by atoms with Crippen LogP contribution in [0.1, 0.15) is 47.7 Å². The van der Waals surface area contributed by atoms with E-state index >= 15 is 0 Å². The van der Waals surface area contributed by atoms with Crippen LogP contribution in [0.5, 0.6) is 0 Å². The van der Waals surface area contributed by atoms with Crippen LogP contribution in [0.2, 0.25) is 0 Å². The molecule has 20 heavy (non-hydrogen) atoms. The van der Waals surface area contributed by atoms with E-state index in [9.17, 15) is 4.79 Å². The van der Waals surface area contributed by atoms with Crippen molar-refractivity contribution in [2.24, 2.45) is 5.92 Å². The number of benzene rings is 1. The average molecular weight is 272 g/mol. The molecule has 3 heteroatoms. The van der Waals surface area contributed by atoms with Gasteiger partial charge in [-0.25, -0.2) is 0 Å². The Morgan fingerprint density at radius 3 is 2.95 bits per heavy atom. The molecule has 0 bridgehead atoms. The smallest absolute Gasteiger partial charge is 0.254 e. The molecule has 3 nitrogen and oxygen atoms in total. The third-order valence-corrected chi connectivity index (χ3v) is 4.74. The third kappa shape index (κ3) is 2.59. The molecule has 1 aliphatic carbocycles. The lowest BCUT2D eigenvalue weighted by Crippen LogP contribution is -2.38. The van der Waals surface area contributed by atoms with Gasteiger partial charge in [0.2, 0.25) is 0 Å². The fourth-order valence-electron chi connectivity index (χ4n) is 3.25. The van der Waals surface area contributed by atoms with Gasteiger partial charge in [-0.2, -0.15) is 0 Å². The number of nitrogens with zero attached hydrogens (tertiary/aromatic N) is 1. The molecular weight excluding hydrogens is 248 g/mol. The largest absolute Gasteiger partial charge is 0.339 e. The van der Waals surface area contributed by atoms with Crippen LogP contribution in [0.3, 0.4) is 0 Å². The van der Waals surface area contributed by atoms with Crippen molar-refractivity contribution in [2.45, 2.75) is 39.2 Å². The molecular formula is C17H24N2O. The quantitative estimate of drug-likeness (QED) is 0.913. The summed E-state index contributed by atoms with van der Waals surface area (Å²) in [6.45, 7) is 5.72. The van der Waals surface area contributed by atoms with Crippen LogP contribution >= 0.6 is 0 Å². The summed E-state index contributed by atoms with van der Waals surface area (Å²) < 4.78 is 0. The second-order valence-corrected chi connectivity index (χ2v) is 6.01. The van der Waals surface area contributed by atoms with Gasteiger partial charge in [-0.15, -0.1) is 0 Å². The molecule has 2 aliphatic rings. The Balaban J connectivity index is 1.81. The molecule has 0 spiro atoms. The van der Waals surface area contributed by atoms with Gasteiger partial charge in [0.1, 0.15) is 0 Å². The number of rotatable bonds is 4. The van der Waals surface area contributed by atoms with Crippen molar-refractivity contribution in [1.82, 2.24) is 10.2 Å². The predicted octanol–water partition coefficient (Wildman–Crippen LogP) is 2.59. The summed E-state index contributed by atoms with van der Waals surface area (Å²) in [5.74, 6) is 0.971. The molecule has 1 fully saturated rings. The number of carbonyl (C=O) groups excluding carboxylic acids is 1. The Bertz CT molecular complexity index is 494. The van der Waals surface area contributed by atoms with Gasteiger partial charge in [-0.05, 0) is 55.8 Å². The van der Waals surface area contributed by atoms with Gasteiger partial charge >= 0.3 is 0 Å². The highest BCUT2D eigenvalue weighted by Crippen LogP contribution is 2.28. The van der Waals surface area contributed by atoms with E-state index in [0.29, 0.717) is 0 Å². The third-order valence-electron chi connectivity index (χ3n) is 4.74. The Labute approximate surface area is 121 Å². The maximum absolute atomic E-state index is 12.8. The SMILES string of the molecule is CCN(CC1CCC1)C(=O)c1cccc2c1CCNC2. The zero-order chi connectivity index (χ0) is 13.9. The summed E-state index contributed by atoms with van der Waals surface area (Å²) in [4.78, 5) is 14.9. The second-order valence-electron chi connectivity index (χ2n) is 6.01. The van der Waals surface area contributed by atoms with Gasteiger partial charge in [0, 0.05) is 25.2 Å². The van der Waals surface area contributed by atoms with Crippen LogP contribution in [0.15, 0.2) is 18.2 Å². The summed E-state index contributed by atoms with van der Waals surface area (Å²) in [6.07, 6.45) is 4.89. The number of carbonyl (C=O) groups is 1. The van der Waals surface area contributed by atoms with Gasteiger partial charge < -0.3 is 10.2 Å². The monoisotopic (exact) mass is 272 g/mol. The molecule has 0 saturated heterocycles. The summed E-state index contributed by atoms with van der Waals surface area (Å²) in [6, 6.07) is 6.17. The fraction of sp³-hybridized carbons (Fsp3) is 0.588. The molecule has 1 saturated carbocycles. The standard InChI is InChI=1S/C17H24N2O/c1-2-19(12-13-5-3-6-13)17(20)16-8-4-7-14-11-18-10-9-15(14)16/h4,7-8,13,18H,2-3,5-6,9-12H2,1H3. The van der Waals surface area contributed by atoms with Crippen molar-refractivity contribution in [2.75, 3.05) is 19.6 Å². The number of nitrogens with one attached hydrogen (secondary N) is 1. The first-order chi connectivity index (χ1) is 9.79. The minimum absolute atomic E-state index is 0.234. The predicted molar refractivity (Wildman–Crippen MR) is 80.8 cm³/mol. The zero-order valence-corrected chi connectivity index (χ0v) is 12.3. The average Bonchev–Trinajstić information content (AvgIpc) is 2.45. The van der Waals surface area contributed by atoms with Gasteiger partial charge in [0.25, 0.3) is 5.91 Å². The first kappa shape index (κ1) is 13.6. The molecule has 1 N–H and O–H groups in total. The Hall–Kier alpha value is -1.35. The van der Waals surface area contributed by atoms with E-state index < -0.39 is 0 Å². The molecule has 1 aromatic rings. The van der Waals surface area contributed by atoms with Crippen molar-refractivity contribution in [3.05, 3.63) is 34.9 Å². The lowest BCUT2D eigenvalue weighted by atomic mass is 9.85. The lowest BCUT2D eigenvalue weighted by molar-refractivity contribution is 0.0705. The summed E-state index contributed by atoms with van der Waals surface area (Å²) in [5.41, 5.74) is 3.50. The molecule has 108 valence electrons. The normalized spacial score (nSPS) is 18.2. The molecule has 0 unspecified atom stereocenters. The molecule has 3 rings (SSSR count). The second kappa shape index (κ2) is 5.96. The van der Waals surface area contributed by atoms with Crippen molar-refractivity contribution in [3.8, 4) is 0 Å². The van der Waals surface area contributed by atoms with E-state index in [0.717, 1.165) is 44.1 Å². The first-order valence-electron chi connectivity index (χ1n) is 7.90. The number of hydrogen-bond acceptors (Lipinski definition) is 2. The summed E-state index contributed by atoms with van der Waals surface area (Å²) >= 11 is 0. The maximum atomic E-state index is 12.8. The van der Waals surface area contributed by atoms with Gasteiger partial charge in [0.15, 0.2) is 0 Å². The van der Waals surface area contributed by atoms with Crippen molar-refractivity contribution < 1.29 is 4.79 Å². The minimum Gasteiger partial charge on any atom is -0.339 e. The van der Waals surface area contributed by atoms with E-state index in [2.05, 4.69) is 18.3 Å². The Morgan fingerprint density at radius 1 is 1.40 bits per heavy atom. The van der Waals surface area contributed by atoms with Crippen molar-refractivity contribution >= 4 is 5.91 Å².